The van der Waals surface area contributed by atoms with E-state index >= 15 is 0 Å². The average molecular weight is 574 g/mol. The third-order valence-electron chi connectivity index (χ3n) is 9.58. The molecule has 0 saturated carbocycles. The van der Waals surface area contributed by atoms with Crippen molar-refractivity contribution in [2.24, 2.45) is 5.73 Å². The molecule has 3 aliphatic heterocycles. The number of ether oxygens (including phenoxy) is 1. The molecule has 4 heterocycles. The molecule has 3 atom stereocenters. The summed E-state index contributed by atoms with van der Waals surface area (Å²) in [5.74, 6) is 0.925. The number of amides is 2. The highest BCUT2D eigenvalue weighted by Crippen LogP contribution is 2.38. The number of rotatable bonds is 10. The fraction of sp³-hybridized carbons (Fsp3) is 0.562. The lowest BCUT2D eigenvalue weighted by Gasteiger charge is -2.42. The Morgan fingerprint density at radius 2 is 1.98 bits per heavy atom. The summed E-state index contributed by atoms with van der Waals surface area (Å²) in [7, 11) is 2.14. The van der Waals surface area contributed by atoms with Crippen molar-refractivity contribution in [2.45, 2.75) is 69.6 Å². The molecule has 224 valence electrons. The molecule has 1 aromatic carbocycles. The van der Waals surface area contributed by atoms with E-state index < -0.39 is 0 Å². The summed E-state index contributed by atoms with van der Waals surface area (Å²) in [6, 6.07) is 9.46. The lowest BCUT2D eigenvalue weighted by molar-refractivity contribution is -0.129. The Morgan fingerprint density at radius 1 is 1.12 bits per heavy atom. The number of primary amides is 1. The quantitative estimate of drug-likeness (QED) is 0.432. The van der Waals surface area contributed by atoms with E-state index in [1.807, 2.05) is 4.90 Å². The third-order valence-corrected chi connectivity index (χ3v) is 9.58. The number of nitrogens with zero attached hydrogens (tertiary/aromatic N) is 6. The zero-order chi connectivity index (χ0) is 29.2. The highest BCUT2D eigenvalue weighted by Gasteiger charge is 2.35. The van der Waals surface area contributed by atoms with E-state index in [0.29, 0.717) is 50.6 Å². The lowest BCUT2D eigenvalue weighted by atomic mass is 10.0. The zero-order valence-corrected chi connectivity index (χ0v) is 24.7. The van der Waals surface area contributed by atoms with Crippen LogP contribution in [-0.4, -0.2) is 94.9 Å². The Labute approximate surface area is 248 Å². The van der Waals surface area contributed by atoms with E-state index in [9.17, 15) is 9.59 Å². The number of aryl methyl sites for hydroxylation is 1. The van der Waals surface area contributed by atoms with Gasteiger partial charge >= 0.3 is 6.01 Å². The first-order valence-corrected chi connectivity index (χ1v) is 15.4. The summed E-state index contributed by atoms with van der Waals surface area (Å²) in [6.07, 6.45) is 6.69. The van der Waals surface area contributed by atoms with Crippen molar-refractivity contribution < 1.29 is 14.3 Å². The van der Waals surface area contributed by atoms with E-state index in [1.165, 1.54) is 30.0 Å². The maximum absolute atomic E-state index is 12.7. The van der Waals surface area contributed by atoms with Crippen LogP contribution in [-0.2, 0) is 29.1 Å². The van der Waals surface area contributed by atoms with Gasteiger partial charge < -0.3 is 25.2 Å². The fourth-order valence-electron chi connectivity index (χ4n) is 7.25. The molecular weight excluding hydrogens is 530 g/mol. The van der Waals surface area contributed by atoms with Gasteiger partial charge in [-0.05, 0) is 68.8 Å². The monoisotopic (exact) mass is 573 g/mol. The van der Waals surface area contributed by atoms with Gasteiger partial charge in [-0.1, -0.05) is 30.8 Å². The van der Waals surface area contributed by atoms with E-state index in [0.717, 1.165) is 56.1 Å². The van der Waals surface area contributed by atoms with Crippen LogP contribution in [0.3, 0.4) is 0 Å². The Hall–Kier alpha value is -3.50. The van der Waals surface area contributed by atoms with Gasteiger partial charge in [-0.2, -0.15) is 9.97 Å². The Kier molecular flexibility index (Phi) is 8.44. The van der Waals surface area contributed by atoms with Crippen molar-refractivity contribution in [2.75, 3.05) is 51.3 Å². The SMILES string of the molecule is C=CC(=O)N1CCN(c2nc(OC[C@@H]3CCCN3C)nc3c2CN(CC2CCc4ccccc42)C3)C[C@@H]1CCC(N)=O. The molecular formula is C32H43N7O3. The summed E-state index contributed by atoms with van der Waals surface area (Å²) >= 11 is 0. The van der Waals surface area contributed by atoms with Crippen LogP contribution in [0.25, 0.3) is 0 Å². The van der Waals surface area contributed by atoms with Gasteiger partial charge in [0.15, 0.2) is 0 Å². The largest absolute Gasteiger partial charge is 0.462 e. The Morgan fingerprint density at radius 3 is 2.76 bits per heavy atom. The molecule has 1 unspecified atom stereocenters. The Bertz CT molecular complexity index is 1330. The predicted octanol–water partition coefficient (Wildman–Crippen LogP) is 2.46. The number of likely N-dealkylation sites (tertiary alicyclic amines) is 1. The first kappa shape index (κ1) is 28.6. The van der Waals surface area contributed by atoms with Crippen LogP contribution in [0.5, 0.6) is 6.01 Å². The molecule has 4 aliphatic rings. The molecule has 2 amide bonds. The van der Waals surface area contributed by atoms with Crippen molar-refractivity contribution in [1.29, 1.82) is 0 Å². The molecule has 2 saturated heterocycles. The number of aromatic nitrogens is 2. The molecule has 2 aromatic rings. The van der Waals surface area contributed by atoms with E-state index in [2.05, 4.69) is 52.6 Å². The minimum Gasteiger partial charge on any atom is -0.462 e. The number of piperazine rings is 1. The highest BCUT2D eigenvalue weighted by molar-refractivity contribution is 5.87. The number of carbonyl (C=O) groups is 2. The molecule has 6 rings (SSSR count). The van der Waals surface area contributed by atoms with Crippen molar-refractivity contribution >= 4 is 17.6 Å². The van der Waals surface area contributed by atoms with Crippen LogP contribution in [0.1, 0.15) is 60.4 Å². The van der Waals surface area contributed by atoms with Gasteiger partial charge in [0.25, 0.3) is 0 Å². The van der Waals surface area contributed by atoms with Gasteiger partial charge in [0, 0.05) is 57.3 Å². The first-order valence-electron chi connectivity index (χ1n) is 15.4. The first-order chi connectivity index (χ1) is 20.4. The number of nitrogens with two attached hydrogens (primary N) is 1. The number of fused-ring (bicyclic) bond motifs is 2. The average Bonchev–Trinajstić information content (AvgIpc) is 3.72. The number of likely N-dealkylation sites (N-methyl/N-ethyl adjacent to an activating group) is 1. The van der Waals surface area contributed by atoms with Crippen molar-refractivity contribution in [3.63, 3.8) is 0 Å². The maximum atomic E-state index is 12.7. The van der Waals surface area contributed by atoms with Crippen LogP contribution in [0.15, 0.2) is 36.9 Å². The maximum Gasteiger partial charge on any atom is 0.318 e. The molecule has 10 nitrogen and oxygen atoms in total. The van der Waals surface area contributed by atoms with E-state index in [4.69, 9.17) is 20.4 Å². The van der Waals surface area contributed by atoms with E-state index in [-0.39, 0.29) is 24.3 Å². The van der Waals surface area contributed by atoms with Crippen LogP contribution in [0.2, 0.25) is 0 Å². The van der Waals surface area contributed by atoms with Gasteiger partial charge in [0.05, 0.1) is 11.7 Å². The van der Waals surface area contributed by atoms with Crippen molar-refractivity contribution in [1.82, 2.24) is 24.7 Å². The summed E-state index contributed by atoms with van der Waals surface area (Å²) in [5.41, 5.74) is 10.6. The molecule has 0 radical (unpaired) electrons. The van der Waals surface area contributed by atoms with Gasteiger partial charge in [-0.15, -0.1) is 0 Å². The van der Waals surface area contributed by atoms with Crippen LogP contribution in [0, 0.1) is 0 Å². The smallest absolute Gasteiger partial charge is 0.318 e. The number of hydrogen-bond acceptors (Lipinski definition) is 8. The second kappa shape index (κ2) is 12.4. The molecule has 0 bridgehead atoms. The molecule has 0 spiro atoms. The molecule has 42 heavy (non-hydrogen) atoms. The standard InChI is InChI=1S/C32H43N7O3/c1-3-30(41)39-16-15-38(18-24(39)12-13-29(33)40)31-27-19-37(17-23-11-10-22-7-4-5-9-26(22)23)20-28(27)34-32(35-31)42-21-25-8-6-14-36(25)2/h3-5,7,9,23-25H,1,6,8,10-21H2,2H3,(H2,33,40)/t23?,24-,25-/m0/s1. The molecule has 1 aromatic heterocycles. The number of anilines is 1. The topological polar surface area (TPSA) is 108 Å². The highest BCUT2D eigenvalue weighted by atomic mass is 16.5. The van der Waals surface area contributed by atoms with Gasteiger partial charge in [0.1, 0.15) is 12.4 Å². The van der Waals surface area contributed by atoms with E-state index in [1.54, 1.807) is 0 Å². The minimum absolute atomic E-state index is 0.121. The van der Waals surface area contributed by atoms with Crippen LogP contribution < -0.4 is 15.4 Å². The minimum atomic E-state index is -0.363. The normalized spacial score (nSPS) is 24.1. The number of hydrogen-bond donors (Lipinski definition) is 1. The van der Waals surface area contributed by atoms with Gasteiger partial charge in [0.2, 0.25) is 11.8 Å². The summed E-state index contributed by atoms with van der Waals surface area (Å²) < 4.78 is 6.27. The summed E-state index contributed by atoms with van der Waals surface area (Å²) in [6.45, 7) is 9.60. The predicted molar refractivity (Wildman–Crippen MR) is 161 cm³/mol. The van der Waals surface area contributed by atoms with Crippen molar-refractivity contribution in [3.8, 4) is 6.01 Å². The van der Waals surface area contributed by atoms with Gasteiger partial charge in [-0.25, -0.2) is 0 Å². The molecule has 2 fully saturated rings. The molecule has 2 N–H and O–H groups in total. The summed E-state index contributed by atoms with van der Waals surface area (Å²) in [4.78, 5) is 43.1. The van der Waals surface area contributed by atoms with Crippen LogP contribution in [0.4, 0.5) is 5.82 Å². The fourth-order valence-corrected chi connectivity index (χ4v) is 7.25. The lowest BCUT2D eigenvalue weighted by Crippen LogP contribution is -2.55. The van der Waals surface area contributed by atoms with Gasteiger partial charge in [-0.3, -0.25) is 14.5 Å². The molecule has 10 heteroatoms. The number of carbonyl (C=O) groups excluding carboxylic acids is 2. The number of benzene rings is 1. The Balaban J connectivity index is 1.24. The van der Waals surface area contributed by atoms with Crippen molar-refractivity contribution in [3.05, 3.63) is 59.3 Å². The molecule has 1 aliphatic carbocycles. The third kappa shape index (κ3) is 6.01. The zero-order valence-electron chi connectivity index (χ0n) is 24.7. The van der Waals surface area contributed by atoms with Crippen LogP contribution >= 0.6 is 0 Å². The summed E-state index contributed by atoms with van der Waals surface area (Å²) in [5, 5.41) is 0. The second-order valence-corrected chi connectivity index (χ2v) is 12.3. The second-order valence-electron chi connectivity index (χ2n) is 12.3.